The van der Waals surface area contributed by atoms with Gasteiger partial charge in [0, 0.05) is 17.8 Å². The van der Waals surface area contributed by atoms with Gasteiger partial charge in [-0.25, -0.2) is 0 Å². The van der Waals surface area contributed by atoms with Crippen LogP contribution in [0.5, 0.6) is 0 Å². The average Bonchev–Trinajstić information content (AvgIpc) is 2.37. The first-order valence-electron chi connectivity index (χ1n) is 5.13. The molecule has 0 aliphatic heterocycles. The summed E-state index contributed by atoms with van der Waals surface area (Å²) in [5.74, 6) is 0. The number of hydrogen-bond acceptors (Lipinski definition) is 6. The van der Waals surface area contributed by atoms with Crippen molar-refractivity contribution in [3.8, 4) is 6.07 Å². The van der Waals surface area contributed by atoms with Gasteiger partial charge in [-0.2, -0.15) is 5.26 Å². The van der Waals surface area contributed by atoms with E-state index in [2.05, 4.69) is 10.9 Å². The van der Waals surface area contributed by atoms with Gasteiger partial charge in [0.15, 0.2) is 0 Å². The van der Waals surface area contributed by atoms with Crippen molar-refractivity contribution in [2.75, 3.05) is 5.43 Å². The maximum atomic E-state index is 10.6. The summed E-state index contributed by atoms with van der Waals surface area (Å²) in [6.07, 6.45) is 0. The van der Waals surface area contributed by atoms with Gasteiger partial charge >= 0.3 is 0 Å². The lowest BCUT2D eigenvalue weighted by Crippen LogP contribution is -2.24. The Kier molecular flexibility index (Phi) is 4.79. The number of rotatable bonds is 5. The van der Waals surface area contributed by atoms with Gasteiger partial charge in [-0.1, -0.05) is 18.3 Å². The summed E-state index contributed by atoms with van der Waals surface area (Å²) in [4.78, 5) is 10.1. The minimum Gasteiger partial charge on any atom is -0.389 e. The number of nitrogens with zero attached hydrogens (tertiary/aromatic N) is 2. The zero-order valence-corrected chi connectivity index (χ0v) is 10.8. The van der Waals surface area contributed by atoms with Gasteiger partial charge in [0.25, 0.3) is 5.69 Å². The molecule has 0 aliphatic carbocycles. The Morgan fingerprint density at radius 1 is 1.58 bits per heavy atom. The van der Waals surface area contributed by atoms with Crippen molar-refractivity contribution in [1.82, 2.24) is 5.43 Å². The molecule has 1 rings (SSSR count). The number of nitriles is 1. The lowest BCUT2D eigenvalue weighted by atomic mass is 10.2. The summed E-state index contributed by atoms with van der Waals surface area (Å²) in [5.41, 5.74) is 11.8. The van der Waals surface area contributed by atoms with Gasteiger partial charge in [0.05, 0.1) is 10.6 Å². The average molecular weight is 277 g/mol. The van der Waals surface area contributed by atoms with Crippen LogP contribution in [-0.2, 0) is 0 Å². The Morgan fingerprint density at radius 3 is 2.79 bits per heavy atom. The zero-order chi connectivity index (χ0) is 14.4. The quantitative estimate of drug-likeness (QED) is 0.246. The summed E-state index contributed by atoms with van der Waals surface area (Å²) in [6, 6.07) is 7.78. The maximum absolute atomic E-state index is 10.6. The molecule has 98 valence electrons. The van der Waals surface area contributed by atoms with Crippen molar-refractivity contribution in [3.05, 3.63) is 45.6 Å². The SMILES string of the molecule is C/C(NNc1cccc([N+](=O)[O-])c1)=C(/C#N)C(N)=S. The predicted molar refractivity (Wildman–Crippen MR) is 75.0 cm³/mol. The highest BCUT2D eigenvalue weighted by atomic mass is 32.1. The number of hydrogen-bond donors (Lipinski definition) is 3. The van der Waals surface area contributed by atoms with E-state index in [1.54, 1.807) is 19.1 Å². The molecule has 1 aromatic rings. The number of benzene rings is 1. The van der Waals surface area contributed by atoms with E-state index < -0.39 is 4.92 Å². The monoisotopic (exact) mass is 277 g/mol. The van der Waals surface area contributed by atoms with Crippen molar-refractivity contribution < 1.29 is 4.92 Å². The Labute approximate surface area is 114 Å². The number of anilines is 1. The third-order valence-corrected chi connectivity index (χ3v) is 2.39. The lowest BCUT2D eigenvalue weighted by molar-refractivity contribution is -0.384. The van der Waals surface area contributed by atoms with Crippen LogP contribution in [-0.4, -0.2) is 9.91 Å². The van der Waals surface area contributed by atoms with E-state index in [9.17, 15) is 10.1 Å². The molecule has 0 aliphatic rings. The van der Waals surface area contributed by atoms with E-state index in [1.807, 2.05) is 6.07 Å². The molecule has 0 amide bonds. The molecule has 19 heavy (non-hydrogen) atoms. The van der Waals surface area contributed by atoms with Crippen LogP contribution in [0, 0.1) is 21.4 Å². The Morgan fingerprint density at radius 2 is 2.26 bits per heavy atom. The number of hydrazine groups is 1. The topological polar surface area (TPSA) is 117 Å². The fraction of sp³-hybridized carbons (Fsp3) is 0.0909. The summed E-state index contributed by atoms with van der Waals surface area (Å²) in [5, 5.41) is 19.5. The molecule has 0 radical (unpaired) electrons. The van der Waals surface area contributed by atoms with Gasteiger partial charge in [0.2, 0.25) is 0 Å². The smallest absolute Gasteiger partial charge is 0.271 e. The number of nitrogens with two attached hydrogens (primary N) is 1. The van der Waals surface area contributed by atoms with Crippen molar-refractivity contribution in [2.45, 2.75) is 6.92 Å². The number of nitro groups is 1. The van der Waals surface area contributed by atoms with Crippen LogP contribution in [0.3, 0.4) is 0 Å². The van der Waals surface area contributed by atoms with Gasteiger partial charge < -0.3 is 16.6 Å². The van der Waals surface area contributed by atoms with E-state index in [0.717, 1.165) is 0 Å². The first kappa shape index (κ1) is 14.4. The third-order valence-electron chi connectivity index (χ3n) is 2.18. The molecule has 0 unspecified atom stereocenters. The van der Waals surface area contributed by atoms with Crippen molar-refractivity contribution >= 4 is 28.6 Å². The van der Waals surface area contributed by atoms with Crippen LogP contribution in [0.4, 0.5) is 11.4 Å². The van der Waals surface area contributed by atoms with E-state index >= 15 is 0 Å². The van der Waals surface area contributed by atoms with Crippen molar-refractivity contribution in [3.63, 3.8) is 0 Å². The Balaban J connectivity index is 2.83. The molecular weight excluding hydrogens is 266 g/mol. The van der Waals surface area contributed by atoms with E-state index in [0.29, 0.717) is 11.4 Å². The summed E-state index contributed by atoms with van der Waals surface area (Å²) < 4.78 is 0. The molecule has 8 heteroatoms. The lowest BCUT2D eigenvalue weighted by Gasteiger charge is -2.11. The fourth-order valence-electron chi connectivity index (χ4n) is 1.25. The highest BCUT2D eigenvalue weighted by Gasteiger charge is 2.07. The number of thiocarbonyl (C=S) groups is 1. The normalized spacial score (nSPS) is 10.9. The number of nitrogens with one attached hydrogen (secondary N) is 2. The molecule has 4 N–H and O–H groups in total. The van der Waals surface area contributed by atoms with Crippen LogP contribution in [0.1, 0.15) is 6.92 Å². The second-order valence-corrected chi connectivity index (χ2v) is 3.97. The number of allylic oxidation sites excluding steroid dienone is 1. The minimum absolute atomic E-state index is 0.0201. The first-order valence-corrected chi connectivity index (χ1v) is 5.53. The Bertz CT molecular complexity index is 591. The molecule has 0 bridgehead atoms. The largest absolute Gasteiger partial charge is 0.389 e. The van der Waals surface area contributed by atoms with Gasteiger partial charge in [0.1, 0.15) is 16.6 Å². The molecule has 0 spiro atoms. The van der Waals surface area contributed by atoms with Crippen LogP contribution in [0.15, 0.2) is 35.5 Å². The third kappa shape index (κ3) is 3.93. The molecule has 0 saturated carbocycles. The van der Waals surface area contributed by atoms with Crippen LogP contribution in [0.25, 0.3) is 0 Å². The maximum Gasteiger partial charge on any atom is 0.271 e. The van der Waals surface area contributed by atoms with Crippen LogP contribution in [0.2, 0.25) is 0 Å². The zero-order valence-electron chi connectivity index (χ0n) is 10.0. The second kappa shape index (κ2) is 6.32. The molecule has 0 atom stereocenters. The first-order chi connectivity index (χ1) is 8.95. The molecule has 0 saturated heterocycles. The Hall–Kier alpha value is -2.66. The highest BCUT2D eigenvalue weighted by molar-refractivity contribution is 7.80. The molecule has 0 aromatic heterocycles. The van der Waals surface area contributed by atoms with Crippen LogP contribution >= 0.6 is 12.2 Å². The molecule has 0 fully saturated rings. The molecule has 0 heterocycles. The summed E-state index contributed by atoms with van der Waals surface area (Å²) in [7, 11) is 0. The van der Waals surface area contributed by atoms with E-state index in [4.69, 9.17) is 23.2 Å². The standard InChI is InChI=1S/C11H11N5O2S/c1-7(10(6-12)11(13)19)14-15-8-3-2-4-9(5-8)16(17)18/h2-5,14-15H,1H3,(H2,13,19)/b10-7+. The van der Waals surface area contributed by atoms with Gasteiger partial charge in [-0.3, -0.25) is 10.1 Å². The van der Waals surface area contributed by atoms with Crippen LogP contribution < -0.4 is 16.6 Å². The second-order valence-electron chi connectivity index (χ2n) is 3.53. The van der Waals surface area contributed by atoms with Crippen molar-refractivity contribution in [2.24, 2.45) is 5.73 Å². The van der Waals surface area contributed by atoms with E-state index in [-0.39, 0.29) is 16.2 Å². The number of nitro benzene ring substituents is 1. The molecule has 1 aromatic carbocycles. The minimum atomic E-state index is -0.496. The highest BCUT2D eigenvalue weighted by Crippen LogP contribution is 2.16. The number of non-ortho nitro benzene ring substituents is 1. The predicted octanol–water partition coefficient (Wildman–Crippen LogP) is 1.59. The van der Waals surface area contributed by atoms with E-state index in [1.165, 1.54) is 12.1 Å². The molecule has 7 nitrogen and oxygen atoms in total. The summed E-state index contributed by atoms with van der Waals surface area (Å²) in [6.45, 7) is 1.61. The van der Waals surface area contributed by atoms with Gasteiger partial charge in [-0.05, 0) is 13.0 Å². The van der Waals surface area contributed by atoms with Crippen molar-refractivity contribution in [1.29, 1.82) is 5.26 Å². The molecular formula is C11H11N5O2S. The summed E-state index contributed by atoms with van der Waals surface area (Å²) >= 11 is 4.72. The fourth-order valence-corrected chi connectivity index (χ4v) is 1.45. The van der Waals surface area contributed by atoms with Gasteiger partial charge in [-0.15, -0.1) is 0 Å².